The molecule has 0 spiro atoms. The lowest BCUT2D eigenvalue weighted by molar-refractivity contribution is -0.146. The first-order valence-electron chi connectivity index (χ1n) is 8.79. The summed E-state index contributed by atoms with van der Waals surface area (Å²) in [6, 6.07) is 8.79. The van der Waals surface area contributed by atoms with Gasteiger partial charge in [-0.25, -0.2) is 0 Å². The molecular formula is C19H30IN3O2. The average Bonchev–Trinajstić information content (AvgIpc) is 2.65. The summed E-state index contributed by atoms with van der Waals surface area (Å²) in [6.45, 7) is 4.70. The second-order valence-electron chi connectivity index (χ2n) is 6.18. The molecule has 1 aromatic rings. The number of likely N-dealkylation sites (tertiary alicyclic amines) is 1. The quantitative estimate of drug-likeness (QED) is 0.319. The Hall–Kier alpha value is -1.31. The van der Waals surface area contributed by atoms with Crippen LogP contribution in [-0.4, -0.2) is 50.6 Å². The Morgan fingerprint density at radius 3 is 2.36 bits per heavy atom. The van der Waals surface area contributed by atoms with Gasteiger partial charge in [-0.3, -0.25) is 9.79 Å². The zero-order chi connectivity index (χ0) is 17.4. The zero-order valence-corrected chi connectivity index (χ0v) is 17.8. The number of nitrogens with zero attached hydrogens (tertiary/aromatic N) is 2. The van der Waals surface area contributed by atoms with Gasteiger partial charge in [-0.15, -0.1) is 24.0 Å². The molecule has 0 aromatic heterocycles. The number of esters is 1. The third kappa shape index (κ3) is 6.49. The van der Waals surface area contributed by atoms with E-state index < -0.39 is 0 Å². The number of benzene rings is 1. The van der Waals surface area contributed by atoms with Crippen LogP contribution in [0.4, 0.5) is 0 Å². The van der Waals surface area contributed by atoms with Crippen molar-refractivity contribution in [1.82, 2.24) is 10.2 Å². The number of guanidine groups is 1. The Kier molecular flexibility index (Phi) is 9.85. The van der Waals surface area contributed by atoms with Gasteiger partial charge in [0.15, 0.2) is 5.96 Å². The van der Waals surface area contributed by atoms with Gasteiger partial charge in [0, 0.05) is 26.7 Å². The summed E-state index contributed by atoms with van der Waals surface area (Å²) in [5.41, 5.74) is 2.70. The molecule has 1 heterocycles. The number of carbonyl (C=O) groups excluding carboxylic acids is 1. The predicted molar refractivity (Wildman–Crippen MR) is 113 cm³/mol. The third-order valence-corrected chi connectivity index (χ3v) is 4.67. The first-order valence-corrected chi connectivity index (χ1v) is 8.79. The number of aliphatic imine (C=N–C) groups is 1. The van der Waals surface area contributed by atoms with Crippen LogP contribution in [-0.2, 0) is 22.4 Å². The topological polar surface area (TPSA) is 53.9 Å². The Balaban J connectivity index is 0.00000312. The lowest BCUT2D eigenvalue weighted by Crippen LogP contribution is -2.47. The molecule has 1 aromatic carbocycles. The molecule has 5 nitrogen and oxygen atoms in total. The van der Waals surface area contributed by atoms with E-state index in [0.29, 0.717) is 0 Å². The highest BCUT2D eigenvalue weighted by Gasteiger charge is 2.26. The molecule has 0 unspecified atom stereocenters. The molecular weight excluding hydrogens is 429 g/mol. The van der Waals surface area contributed by atoms with E-state index in [4.69, 9.17) is 4.74 Å². The fourth-order valence-electron chi connectivity index (χ4n) is 3.09. The summed E-state index contributed by atoms with van der Waals surface area (Å²) in [6.07, 6.45) is 3.70. The van der Waals surface area contributed by atoms with E-state index >= 15 is 0 Å². The first kappa shape index (κ1) is 21.7. The number of methoxy groups -OCH3 is 1. The van der Waals surface area contributed by atoms with Gasteiger partial charge in [-0.05, 0) is 36.8 Å². The Morgan fingerprint density at radius 2 is 1.84 bits per heavy atom. The molecule has 140 valence electrons. The second-order valence-corrected chi connectivity index (χ2v) is 6.18. The van der Waals surface area contributed by atoms with Crippen LogP contribution in [0.5, 0.6) is 0 Å². The lowest BCUT2D eigenvalue weighted by Gasteiger charge is -2.33. The molecule has 1 aliphatic rings. The van der Waals surface area contributed by atoms with Gasteiger partial charge in [-0.2, -0.15) is 0 Å². The molecule has 25 heavy (non-hydrogen) atoms. The zero-order valence-electron chi connectivity index (χ0n) is 15.5. The van der Waals surface area contributed by atoms with Crippen molar-refractivity contribution in [3.8, 4) is 0 Å². The highest BCUT2D eigenvalue weighted by Crippen LogP contribution is 2.18. The van der Waals surface area contributed by atoms with Crippen molar-refractivity contribution in [2.45, 2.75) is 32.6 Å². The van der Waals surface area contributed by atoms with Crippen molar-refractivity contribution in [2.24, 2.45) is 10.9 Å². The fourth-order valence-corrected chi connectivity index (χ4v) is 3.09. The number of nitrogens with one attached hydrogen (secondary N) is 1. The van der Waals surface area contributed by atoms with Crippen LogP contribution in [0.25, 0.3) is 0 Å². The van der Waals surface area contributed by atoms with Crippen LogP contribution in [0.3, 0.4) is 0 Å². The third-order valence-electron chi connectivity index (χ3n) is 4.67. The molecule has 1 N–H and O–H groups in total. The standard InChI is InChI=1S/C19H29N3O2.HI/c1-4-15-5-7-16(8-6-15)9-12-21-19(20-2)22-13-10-17(11-14-22)18(23)24-3;/h5-8,17H,4,9-14H2,1-3H3,(H,20,21);1H. The normalized spacial score (nSPS) is 15.5. The molecule has 1 fully saturated rings. The van der Waals surface area contributed by atoms with Crippen molar-refractivity contribution < 1.29 is 9.53 Å². The molecule has 6 heteroatoms. The summed E-state index contributed by atoms with van der Waals surface area (Å²) < 4.78 is 4.84. The number of piperidine rings is 1. The number of ether oxygens (including phenoxy) is 1. The fraction of sp³-hybridized carbons (Fsp3) is 0.579. The Bertz CT molecular complexity index is 552. The summed E-state index contributed by atoms with van der Waals surface area (Å²) in [7, 11) is 3.27. The van der Waals surface area contributed by atoms with E-state index in [1.165, 1.54) is 18.2 Å². The van der Waals surface area contributed by atoms with E-state index in [9.17, 15) is 4.79 Å². The van der Waals surface area contributed by atoms with Crippen molar-refractivity contribution in [1.29, 1.82) is 0 Å². The van der Waals surface area contributed by atoms with Crippen LogP contribution in [0.1, 0.15) is 30.9 Å². The van der Waals surface area contributed by atoms with E-state index in [-0.39, 0.29) is 35.9 Å². The number of hydrogen-bond donors (Lipinski definition) is 1. The smallest absolute Gasteiger partial charge is 0.308 e. The minimum absolute atomic E-state index is 0. The van der Waals surface area contributed by atoms with E-state index in [2.05, 4.69) is 46.4 Å². The molecule has 0 amide bonds. The average molecular weight is 459 g/mol. The minimum atomic E-state index is -0.0897. The maximum absolute atomic E-state index is 11.6. The molecule has 0 atom stereocenters. The van der Waals surface area contributed by atoms with Crippen molar-refractivity contribution >= 4 is 35.9 Å². The van der Waals surface area contributed by atoms with Gasteiger partial charge in [0.2, 0.25) is 0 Å². The van der Waals surface area contributed by atoms with Gasteiger partial charge in [0.05, 0.1) is 13.0 Å². The first-order chi connectivity index (χ1) is 11.7. The van der Waals surface area contributed by atoms with Crippen LogP contribution >= 0.6 is 24.0 Å². The summed E-state index contributed by atoms with van der Waals surface area (Å²) in [4.78, 5) is 18.2. The van der Waals surface area contributed by atoms with Gasteiger partial charge in [-0.1, -0.05) is 31.2 Å². The summed E-state index contributed by atoms with van der Waals surface area (Å²) >= 11 is 0. The molecule has 1 aliphatic heterocycles. The Morgan fingerprint density at radius 1 is 1.24 bits per heavy atom. The van der Waals surface area contributed by atoms with Crippen LogP contribution in [0, 0.1) is 5.92 Å². The van der Waals surface area contributed by atoms with Crippen LogP contribution < -0.4 is 5.32 Å². The second kappa shape index (κ2) is 11.3. The number of hydrogen-bond acceptors (Lipinski definition) is 3. The number of carbonyl (C=O) groups is 1. The monoisotopic (exact) mass is 459 g/mol. The van der Waals surface area contributed by atoms with E-state index in [1.807, 2.05) is 7.05 Å². The van der Waals surface area contributed by atoms with Gasteiger partial charge >= 0.3 is 5.97 Å². The van der Waals surface area contributed by atoms with Gasteiger partial charge in [0.1, 0.15) is 0 Å². The van der Waals surface area contributed by atoms with Crippen LogP contribution in [0.15, 0.2) is 29.3 Å². The minimum Gasteiger partial charge on any atom is -0.469 e. The van der Waals surface area contributed by atoms with Gasteiger partial charge < -0.3 is 15.0 Å². The maximum atomic E-state index is 11.6. The summed E-state index contributed by atoms with van der Waals surface area (Å²) in [5, 5.41) is 3.43. The van der Waals surface area contributed by atoms with E-state index in [1.54, 1.807) is 0 Å². The number of rotatable bonds is 5. The van der Waals surface area contributed by atoms with Crippen molar-refractivity contribution in [3.63, 3.8) is 0 Å². The number of aryl methyl sites for hydroxylation is 1. The molecule has 0 aliphatic carbocycles. The molecule has 0 bridgehead atoms. The molecule has 0 radical (unpaired) electrons. The predicted octanol–water partition coefficient (Wildman–Crippen LogP) is 2.87. The Labute approximate surface area is 168 Å². The molecule has 1 saturated heterocycles. The van der Waals surface area contributed by atoms with E-state index in [0.717, 1.165) is 51.3 Å². The highest BCUT2D eigenvalue weighted by atomic mass is 127. The van der Waals surface area contributed by atoms with Gasteiger partial charge in [0.25, 0.3) is 0 Å². The lowest BCUT2D eigenvalue weighted by atomic mass is 9.97. The SMILES string of the molecule is CCc1ccc(CCNC(=NC)N2CCC(C(=O)OC)CC2)cc1.I. The number of halogens is 1. The van der Waals surface area contributed by atoms with Crippen molar-refractivity contribution in [2.75, 3.05) is 33.8 Å². The largest absolute Gasteiger partial charge is 0.469 e. The summed E-state index contributed by atoms with van der Waals surface area (Å²) in [5.74, 6) is 0.859. The highest BCUT2D eigenvalue weighted by molar-refractivity contribution is 14.0. The maximum Gasteiger partial charge on any atom is 0.308 e. The molecule has 0 saturated carbocycles. The van der Waals surface area contributed by atoms with Crippen LogP contribution in [0.2, 0.25) is 0 Å². The van der Waals surface area contributed by atoms with Crippen molar-refractivity contribution in [3.05, 3.63) is 35.4 Å². The molecule has 2 rings (SSSR count).